The van der Waals surface area contributed by atoms with Crippen molar-refractivity contribution in [1.29, 1.82) is 0 Å². The van der Waals surface area contributed by atoms with Crippen LogP contribution in [0.3, 0.4) is 0 Å². The summed E-state index contributed by atoms with van der Waals surface area (Å²) >= 11 is 0. The molecule has 0 saturated carbocycles. The van der Waals surface area contributed by atoms with E-state index in [9.17, 15) is 13.2 Å². The zero-order valence-electron chi connectivity index (χ0n) is 14.6. The van der Waals surface area contributed by atoms with Gasteiger partial charge in [-0.25, -0.2) is 8.42 Å². The number of carbonyl (C=O) groups excluding carboxylic acids is 1. The Morgan fingerprint density at radius 1 is 1.08 bits per heavy atom. The smallest absolute Gasteiger partial charge is 0.251 e. The molecule has 0 fully saturated rings. The molecular weight excluding hydrogens is 356 g/mol. The molecule has 2 aromatic carbocycles. The minimum absolute atomic E-state index is 0.130. The van der Waals surface area contributed by atoms with Crippen molar-refractivity contribution in [2.45, 2.75) is 11.4 Å². The van der Waals surface area contributed by atoms with Crippen LogP contribution in [0.1, 0.15) is 15.9 Å². The number of carbonyl (C=O) groups is 1. The summed E-state index contributed by atoms with van der Waals surface area (Å²) in [5.74, 6) is 1.02. The van der Waals surface area contributed by atoms with Gasteiger partial charge in [0.1, 0.15) is 13.2 Å². The molecule has 1 amide bonds. The van der Waals surface area contributed by atoms with Crippen LogP contribution in [0.5, 0.6) is 11.5 Å². The fraction of sp³-hybridized carbons (Fsp3) is 0.278. The second-order valence-electron chi connectivity index (χ2n) is 5.84. The normalized spacial score (nSPS) is 13.5. The number of amides is 1. The zero-order chi connectivity index (χ0) is 18.7. The molecule has 138 valence electrons. The van der Waals surface area contributed by atoms with Crippen molar-refractivity contribution in [2.75, 3.05) is 27.3 Å². The van der Waals surface area contributed by atoms with E-state index in [1.54, 1.807) is 12.1 Å². The molecule has 26 heavy (non-hydrogen) atoms. The van der Waals surface area contributed by atoms with Crippen molar-refractivity contribution in [3.8, 4) is 11.5 Å². The van der Waals surface area contributed by atoms with E-state index in [1.165, 1.54) is 42.7 Å². The van der Waals surface area contributed by atoms with Gasteiger partial charge in [-0.05, 0) is 42.0 Å². The van der Waals surface area contributed by atoms with Crippen LogP contribution in [-0.4, -0.2) is 45.9 Å². The van der Waals surface area contributed by atoms with Crippen molar-refractivity contribution in [3.05, 3.63) is 53.6 Å². The largest absolute Gasteiger partial charge is 0.486 e. The van der Waals surface area contributed by atoms with Crippen molar-refractivity contribution in [2.24, 2.45) is 0 Å². The van der Waals surface area contributed by atoms with E-state index in [1.807, 2.05) is 6.07 Å². The maximum Gasteiger partial charge on any atom is 0.251 e. The molecule has 8 heteroatoms. The first-order valence-corrected chi connectivity index (χ1v) is 9.53. The SMILES string of the molecule is CNC(=O)c1ccc(S(=O)(=O)N(C)Cc2ccc3c(c2)OCCO3)cc1. The number of ether oxygens (including phenoxy) is 2. The van der Waals surface area contributed by atoms with Crippen LogP contribution in [-0.2, 0) is 16.6 Å². The van der Waals surface area contributed by atoms with E-state index in [4.69, 9.17) is 9.47 Å². The third-order valence-electron chi connectivity index (χ3n) is 4.06. The van der Waals surface area contributed by atoms with E-state index in [-0.39, 0.29) is 17.3 Å². The summed E-state index contributed by atoms with van der Waals surface area (Å²) in [6.45, 7) is 1.17. The first-order valence-electron chi connectivity index (χ1n) is 8.09. The Bertz CT molecular complexity index is 910. The number of nitrogens with one attached hydrogen (secondary N) is 1. The van der Waals surface area contributed by atoms with Gasteiger partial charge in [-0.15, -0.1) is 0 Å². The van der Waals surface area contributed by atoms with Gasteiger partial charge in [-0.2, -0.15) is 4.31 Å². The second-order valence-corrected chi connectivity index (χ2v) is 7.89. The van der Waals surface area contributed by atoms with Crippen molar-refractivity contribution < 1.29 is 22.7 Å². The van der Waals surface area contributed by atoms with Crippen LogP contribution < -0.4 is 14.8 Å². The van der Waals surface area contributed by atoms with Crippen LogP contribution in [0.4, 0.5) is 0 Å². The summed E-state index contributed by atoms with van der Waals surface area (Å²) in [4.78, 5) is 11.7. The average Bonchev–Trinajstić information content (AvgIpc) is 2.67. The Kier molecular flexibility index (Phi) is 5.15. The minimum Gasteiger partial charge on any atom is -0.486 e. The molecular formula is C18H20N2O5S. The molecule has 0 aromatic heterocycles. The lowest BCUT2D eigenvalue weighted by Crippen LogP contribution is -2.27. The van der Waals surface area contributed by atoms with Crippen LogP contribution in [0.15, 0.2) is 47.4 Å². The third-order valence-corrected chi connectivity index (χ3v) is 5.88. The molecule has 0 unspecified atom stereocenters. The summed E-state index contributed by atoms with van der Waals surface area (Å²) in [6, 6.07) is 11.2. The lowest BCUT2D eigenvalue weighted by Gasteiger charge is -2.21. The number of hydrogen-bond donors (Lipinski definition) is 1. The van der Waals surface area contributed by atoms with Crippen LogP contribution in [0, 0.1) is 0 Å². The predicted molar refractivity (Wildman–Crippen MR) is 95.9 cm³/mol. The van der Waals surface area contributed by atoms with Gasteiger partial charge in [0.2, 0.25) is 10.0 Å². The molecule has 0 aliphatic carbocycles. The summed E-state index contributed by atoms with van der Waals surface area (Å²) < 4.78 is 37.7. The van der Waals surface area contributed by atoms with E-state index in [2.05, 4.69) is 5.32 Å². The Balaban J connectivity index is 1.77. The van der Waals surface area contributed by atoms with Crippen molar-refractivity contribution in [3.63, 3.8) is 0 Å². The first-order chi connectivity index (χ1) is 12.4. The maximum atomic E-state index is 12.7. The first kappa shape index (κ1) is 18.2. The quantitative estimate of drug-likeness (QED) is 0.858. The van der Waals surface area contributed by atoms with Crippen LogP contribution in [0.2, 0.25) is 0 Å². The average molecular weight is 376 g/mol. The molecule has 0 radical (unpaired) electrons. The molecule has 1 heterocycles. The van der Waals surface area contributed by atoms with Gasteiger partial charge in [0.15, 0.2) is 11.5 Å². The molecule has 3 rings (SSSR count). The molecule has 0 atom stereocenters. The monoisotopic (exact) mass is 376 g/mol. The lowest BCUT2D eigenvalue weighted by atomic mass is 10.2. The molecule has 1 aliphatic rings. The fourth-order valence-electron chi connectivity index (χ4n) is 2.63. The molecule has 1 aliphatic heterocycles. The van der Waals surface area contributed by atoms with E-state index in [0.717, 1.165) is 5.56 Å². The summed E-state index contributed by atoms with van der Waals surface area (Å²) in [7, 11) is -0.643. The molecule has 2 aromatic rings. The Labute approximate surface area is 152 Å². The maximum absolute atomic E-state index is 12.7. The van der Waals surface area contributed by atoms with Crippen LogP contribution in [0.25, 0.3) is 0 Å². The lowest BCUT2D eigenvalue weighted by molar-refractivity contribution is 0.0963. The molecule has 0 saturated heterocycles. The zero-order valence-corrected chi connectivity index (χ0v) is 15.4. The topological polar surface area (TPSA) is 84.9 Å². The highest BCUT2D eigenvalue weighted by Crippen LogP contribution is 2.31. The molecule has 0 bridgehead atoms. The Hall–Kier alpha value is -2.58. The minimum atomic E-state index is -3.68. The Morgan fingerprint density at radius 3 is 2.38 bits per heavy atom. The third kappa shape index (κ3) is 3.66. The molecule has 0 spiro atoms. The molecule has 1 N–H and O–H groups in total. The number of rotatable bonds is 5. The summed E-state index contributed by atoms with van der Waals surface area (Å²) in [6.07, 6.45) is 0. The second kappa shape index (κ2) is 7.35. The highest BCUT2D eigenvalue weighted by Gasteiger charge is 2.22. The number of hydrogen-bond acceptors (Lipinski definition) is 5. The highest BCUT2D eigenvalue weighted by atomic mass is 32.2. The van der Waals surface area contributed by atoms with Crippen molar-refractivity contribution in [1.82, 2.24) is 9.62 Å². The van der Waals surface area contributed by atoms with E-state index in [0.29, 0.717) is 30.3 Å². The number of sulfonamides is 1. The predicted octanol–water partition coefficient (Wildman–Crippen LogP) is 1.64. The van der Waals surface area contributed by atoms with E-state index >= 15 is 0 Å². The van der Waals surface area contributed by atoms with Gasteiger partial charge in [-0.3, -0.25) is 4.79 Å². The summed E-state index contributed by atoms with van der Waals surface area (Å²) in [5.41, 5.74) is 1.20. The van der Waals surface area contributed by atoms with Gasteiger partial charge >= 0.3 is 0 Å². The number of fused-ring (bicyclic) bond motifs is 1. The fourth-order valence-corrected chi connectivity index (χ4v) is 3.79. The van der Waals surface area contributed by atoms with Gasteiger partial charge in [0.05, 0.1) is 4.90 Å². The van der Waals surface area contributed by atoms with E-state index < -0.39 is 10.0 Å². The van der Waals surface area contributed by atoms with Gasteiger partial charge in [0, 0.05) is 26.2 Å². The van der Waals surface area contributed by atoms with Gasteiger partial charge < -0.3 is 14.8 Å². The summed E-state index contributed by atoms with van der Waals surface area (Å²) in [5, 5.41) is 2.50. The Morgan fingerprint density at radius 2 is 1.73 bits per heavy atom. The molecule has 7 nitrogen and oxygen atoms in total. The van der Waals surface area contributed by atoms with Gasteiger partial charge in [-0.1, -0.05) is 6.07 Å². The standard InChI is InChI=1S/C18H20N2O5S/c1-19-18(21)14-4-6-15(7-5-14)26(22,23)20(2)12-13-3-8-16-17(11-13)25-10-9-24-16/h3-8,11H,9-10,12H2,1-2H3,(H,19,21). The highest BCUT2D eigenvalue weighted by molar-refractivity contribution is 7.89. The van der Waals surface area contributed by atoms with Crippen molar-refractivity contribution >= 4 is 15.9 Å². The number of benzene rings is 2. The van der Waals surface area contributed by atoms with Crippen LogP contribution >= 0.6 is 0 Å². The number of nitrogens with zero attached hydrogens (tertiary/aromatic N) is 1. The van der Waals surface area contributed by atoms with Gasteiger partial charge in [0.25, 0.3) is 5.91 Å².